The number of halogens is 1. The lowest BCUT2D eigenvalue weighted by Crippen LogP contribution is -2.37. The Kier molecular flexibility index (Phi) is 7.64. The summed E-state index contributed by atoms with van der Waals surface area (Å²) in [7, 11) is 0. The molecule has 2 atom stereocenters. The molecule has 108 valence electrons. The first-order valence-corrected chi connectivity index (χ1v) is 6.57. The summed E-state index contributed by atoms with van der Waals surface area (Å²) in [6.07, 6.45) is 4.47. The lowest BCUT2D eigenvalue weighted by atomic mass is 9.81. The first kappa shape index (κ1) is 17.5. The number of amides is 1. The highest BCUT2D eigenvalue weighted by Gasteiger charge is 2.22. The van der Waals surface area contributed by atoms with Crippen molar-refractivity contribution in [3.05, 3.63) is 0 Å². The van der Waals surface area contributed by atoms with E-state index in [1.165, 1.54) is 19.3 Å². The van der Waals surface area contributed by atoms with Gasteiger partial charge in [0.25, 0.3) is 0 Å². The molecular formula is C13H27ClN2O2. The highest BCUT2D eigenvalue weighted by Crippen LogP contribution is 2.27. The van der Waals surface area contributed by atoms with E-state index in [0.29, 0.717) is 18.4 Å². The molecule has 0 aromatic rings. The molecule has 1 saturated carbocycles. The number of ether oxygens (including phenoxy) is 1. The van der Waals surface area contributed by atoms with Gasteiger partial charge in [0, 0.05) is 6.54 Å². The number of hydrogen-bond acceptors (Lipinski definition) is 3. The van der Waals surface area contributed by atoms with Crippen LogP contribution in [-0.2, 0) is 4.74 Å². The van der Waals surface area contributed by atoms with E-state index >= 15 is 0 Å². The van der Waals surface area contributed by atoms with Crippen LogP contribution in [0.2, 0.25) is 0 Å². The van der Waals surface area contributed by atoms with Gasteiger partial charge in [-0.05, 0) is 58.4 Å². The third-order valence-electron chi connectivity index (χ3n) is 3.16. The van der Waals surface area contributed by atoms with E-state index in [1.807, 2.05) is 20.8 Å². The Bertz CT molecular complexity index is 254. The Morgan fingerprint density at radius 2 is 1.94 bits per heavy atom. The number of rotatable bonds is 3. The second-order valence-corrected chi connectivity index (χ2v) is 6.02. The van der Waals surface area contributed by atoms with E-state index in [1.54, 1.807) is 0 Å². The third kappa shape index (κ3) is 7.07. The average Bonchev–Trinajstić information content (AvgIpc) is 2.24. The average molecular weight is 279 g/mol. The minimum Gasteiger partial charge on any atom is -0.444 e. The molecule has 1 aliphatic carbocycles. The minimum absolute atomic E-state index is 0. The predicted octanol–water partition coefficient (Wildman–Crippen LogP) is 2.70. The predicted molar refractivity (Wildman–Crippen MR) is 76.0 cm³/mol. The van der Waals surface area contributed by atoms with Crippen LogP contribution in [0.4, 0.5) is 4.79 Å². The van der Waals surface area contributed by atoms with Gasteiger partial charge in [0.2, 0.25) is 0 Å². The second kappa shape index (κ2) is 7.85. The van der Waals surface area contributed by atoms with Crippen molar-refractivity contribution in [2.45, 2.75) is 52.1 Å². The molecule has 18 heavy (non-hydrogen) atoms. The zero-order chi connectivity index (χ0) is 12.9. The Morgan fingerprint density at radius 3 is 2.50 bits per heavy atom. The number of hydrogen-bond donors (Lipinski definition) is 2. The standard InChI is InChI=1S/C13H26N2O2.ClH/c1-13(2,3)17-12(16)15-9-11-6-4-5-10(7-11)8-14;/h10-11H,4-9,14H2,1-3H3,(H,15,16);1H/t10-,11+;/m0./s1. The fourth-order valence-electron chi connectivity index (χ4n) is 2.34. The van der Waals surface area contributed by atoms with Crippen molar-refractivity contribution >= 4 is 18.5 Å². The molecule has 0 unspecified atom stereocenters. The first-order valence-electron chi connectivity index (χ1n) is 6.57. The van der Waals surface area contributed by atoms with Gasteiger partial charge in [0.05, 0.1) is 0 Å². The highest BCUT2D eigenvalue weighted by molar-refractivity contribution is 5.85. The molecule has 0 heterocycles. The third-order valence-corrected chi connectivity index (χ3v) is 3.16. The zero-order valence-electron chi connectivity index (χ0n) is 11.7. The molecule has 1 aliphatic rings. The molecule has 0 radical (unpaired) electrons. The van der Waals surface area contributed by atoms with Crippen molar-refractivity contribution in [3.63, 3.8) is 0 Å². The van der Waals surface area contributed by atoms with Gasteiger partial charge in [0.15, 0.2) is 0 Å². The maximum atomic E-state index is 11.5. The van der Waals surface area contributed by atoms with Gasteiger partial charge in [-0.25, -0.2) is 4.79 Å². The molecular weight excluding hydrogens is 252 g/mol. The van der Waals surface area contributed by atoms with Crippen LogP contribution in [-0.4, -0.2) is 24.8 Å². The van der Waals surface area contributed by atoms with Crippen molar-refractivity contribution in [1.82, 2.24) is 5.32 Å². The Hall–Kier alpha value is -0.480. The number of carbonyl (C=O) groups excluding carboxylic acids is 1. The van der Waals surface area contributed by atoms with Crippen LogP contribution in [0, 0.1) is 11.8 Å². The second-order valence-electron chi connectivity index (χ2n) is 6.02. The number of carbonyl (C=O) groups is 1. The van der Waals surface area contributed by atoms with Crippen LogP contribution in [0.15, 0.2) is 0 Å². The normalized spacial score (nSPS) is 24.0. The van der Waals surface area contributed by atoms with Crippen LogP contribution in [0.1, 0.15) is 46.5 Å². The number of alkyl carbamates (subject to hydrolysis) is 1. The van der Waals surface area contributed by atoms with Gasteiger partial charge < -0.3 is 15.8 Å². The van der Waals surface area contributed by atoms with E-state index in [0.717, 1.165) is 13.0 Å². The molecule has 0 aromatic carbocycles. The summed E-state index contributed by atoms with van der Waals surface area (Å²) in [5, 5.41) is 2.85. The van der Waals surface area contributed by atoms with Gasteiger partial charge >= 0.3 is 6.09 Å². The van der Waals surface area contributed by atoms with Crippen molar-refractivity contribution in [1.29, 1.82) is 0 Å². The van der Waals surface area contributed by atoms with Gasteiger partial charge in [-0.1, -0.05) is 6.42 Å². The van der Waals surface area contributed by atoms with Gasteiger partial charge in [-0.2, -0.15) is 0 Å². The monoisotopic (exact) mass is 278 g/mol. The molecule has 0 bridgehead atoms. The van der Waals surface area contributed by atoms with Crippen LogP contribution >= 0.6 is 12.4 Å². The lowest BCUT2D eigenvalue weighted by molar-refractivity contribution is 0.0512. The van der Waals surface area contributed by atoms with Crippen molar-refractivity contribution in [2.75, 3.05) is 13.1 Å². The summed E-state index contributed by atoms with van der Waals surface area (Å²) in [5.41, 5.74) is 5.27. The Labute approximate surface area is 116 Å². The van der Waals surface area contributed by atoms with E-state index in [9.17, 15) is 4.79 Å². The van der Waals surface area contributed by atoms with Crippen LogP contribution < -0.4 is 11.1 Å². The molecule has 1 rings (SSSR count). The first-order chi connectivity index (χ1) is 7.90. The summed E-state index contributed by atoms with van der Waals surface area (Å²) in [4.78, 5) is 11.5. The molecule has 0 saturated heterocycles. The molecule has 4 nitrogen and oxygen atoms in total. The van der Waals surface area contributed by atoms with E-state index in [4.69, 9.17) is 10.5 Å². The summed E-state index contributed by atoms with van der Waals surface area (Å²) in [5.74, 6) is 1.19. The quantitative estimate of drug-likeness (QED) is 0.834. The Morgan fingerprint density at radius 1 is 1.33 bits per heavy atom. The largest absolute Gasteiger partial charge is 0.444 e. The maximum absolute atomic E-state index is 11.5. The summed E-state index contributed by atoms with van der Waals surface area (Å²) < 4.78 is 5.21. The molecule has 1 amide bonds. The van der Waals surface area contributed by atoms with Gasteiger partial charge in [-0.3, -0.25) is 0 Å². The molecule has 5 heteroatoms. The van der Waals surface area contributed by atoms with Crippen molar-refractivity contribution in [3.8, 4) is 0 Å². The fraction of sp³-hybridized carbons (Fsp3) is 0.923. The van der Waals surface area contributed by atoms with E-state index in [2.05, 4.69) is 5.32 Å². The van der Waals surface area contributed by atoms with Crippen molar-refractivity contribution < 1.29 is 9.53 Å². The smallest absolute Gasteiger partial charge is 0.407 e. The molecule has 3 N–H and O–H groups in total. The summed E-state index contributed by atoms with van der Waals surface area (Å²) in [6, 6.07) is 0. The van der Waals surface area contributed by atoms with Crippen LogP contribution in [0.5, 0.6) is 0 Å². The van der Waals surface area contributed by atoms with Crippen LogP contribution in [0.25, 0.3) is 0 Å². The Balaban J connectivity index is 0.00000289. The topological polar surface area (TPSA) is 64.3 Å². The highest BCUT2D eigenvalue weighted by atomic mass is 35.5. The number of nitrogens with one attached hydrogen (secondary N) is 1. The SMILES string of the molecule is CC(C)(C)OC(=O)NC[C@@H]1CCC[C@H](CN)C1.Cl. The van der Waals surface area contributed by atoms with E-state index in [-0.39, 0.29) is 18.5 Å². The lowest BCUT2D eigenvalue weighted by Gasteiger charge is -2.28. The molecule has 0 spiro atoms. The van der Waals surface area contributed by atoms with Crippen molar-refractivity contribution in [2.24, 2.45) is 17.6 Å². The van der Waals surface area contributed by atoms with E-state index < -0.39 is 5.60 Å². The molecule has 0 aliphatic heterocycles. The fourth-order valence-corrected chi connectivity index (χ4v) is 2.34. The minimum atomic E-state index is -0.420. The van der Waals surface area contributed by atoms with Gasteiger partial charge in [-0.15, -0.1) is 12.4 Å². The summed E-state index contributed by atoms with van der Waals surface area (Å²) in [6.45, 7) is 7.10. The molecule has 1 fully saturated rings. The number of nitrogens with two attached hydrogens (primary N) is 1. The zero-order valence-corrected chi connectivity index (χ0v) is 12.5. The van der Waals surface area contributed by atoms with Crippen LogP contribution in [0.3, 0.4) is 0 Å². The molecule has 0 aromatic heterocycles. The van der Waals surface area contributed by atoms with Gasteiger partial charge in [0.1, 0.15) is 5.60 Å². The summed E-state index contributed by atoms with van der Waals surface area (Å²) >= 11 is 0. The maximum Gasteiger partial charge on any atom is 0.407 e.